The second-order valence-corrected chi connectivity index (χ2v) is 7.76. The molecule has 2 heterocycles. The molecule has 5 rings (SSSR count). The van der Waals surface area contributed by atoms with Gasteiger partial charge in [0.1, 0.15) is 17.4 Å². The van der Waals surface area contributed by atoms with Crippen LogP contribution in [0.3, 0.4) is 0 Å². The molecule has 3 aromatic carbocycles. The highest BCUT2D eigenvalue weighted by atomic mass is 35.5. The SMILES string of the molecule is COc1cccc(-c2ccc3c(Nc4ccc(F)c(Cl)c4)nc(-c4cccnc4)nc3c2)c1. The number of benzene rings is 3. The number of aromatic nitrogens is 3. The van der Waals surface area contributed by atoms with Crippen LogP contribution in [-0.2, 0) is 0 Å². The predicted octanol–water partition coefficient (Wildman–Crippen LogP) is 6.90. The highest BCUT2D eigenvalue weighted by molar-refractivity contribution is 6.31. The summed E-state index contributed by atoms with van der Waals surface area (Å²) in [6.07, 6.45) is 3.41. The van der Waals surface area contributed by atoms with Crippen LogP contribution in [0, 0.1) is 5.82 Å². The fourth-order valence-electron chi connectivity index (χ4n) is 3.54. The first-order valence-corrected chi connectivity index (χ1v) is 10.6. The number of rotatable bonds is 5. The fraction of sp³-hybridized carbons (Fsp3) is 0.0385. The van der Waals surface area contributed by atoms with Crippen molar-refractivity contribution in [3.8, 4) is 28.3 Å². The monoisotopic (exact) mass is 456 g/mol. The molecule has 33 heavy (non-hydrogen) atoms. The molecule has 0 aliphatic heterocycles. The number of pyridine rings is 1. The second-order valence-electron chi connectivity index (χ2n) is 7.36. The van der Waals surface area contributed by atoms with Crippen molar-refractivity contribution in [1.82, 2.24) is 15.0 Å². The molecule has 0 unspecified atom stereocenters. The number of hydrogen-bond donors (Lipinski definition) is 1. The highest BCUT2D eigenvalue weighted by Gasteiger charge is 2.12. The van der Waals surface area contributed by atoms with Gasteiger partial charge in [-0.2, -0.15) is 0 Å². The van der Waals surface area contributed by atoms with Crippen LogP contribution < -0.4 is 10.1 Å². The molecular weight excluding hydrogens is 439 g/mol. The summed E-state index contributed by atoms with van der Waals surface area (Å²) in [6.45, 7) is 0. The number of ether oxygens (including phenoxy) is 1. The Morgan fingerprint density at radius 3 is 2.52 bits per heavy atom. The molecule has 0 bridgehead atoms. The molecule has 0 spiro atoms. The lowest BCUT2D eigenvalue weighted by Gasteiger charge is -2.13. The lowest BCUT2D eigenvalue weighted by molar-refractivity contribution is 0.415. The molecule has 2 aromatic heterocycles. The molecule has 0 radical (unpaired) electrons. The molecule has 162 valence electrons. The summed E-state index contributed by atoms with van der Waals surface area (Å²) < 4.78 is 19.0. The van der Waals surface area contributed by atoms with Crippen molar-refractivity contribution < 1.29 is 9.13 Å². The normalized spacial score (nSPS) is 10.9. The minimum atomic E-state index is -0.478. The first-order valence-electron chi connectivity index (χ1n) is 10.2. The Balaban J connectivity index is 1.66. The summed E-state index contributed by atoms with van der Waals surface area (Å²) >= 11 is 5.97. The summed E-state index contributed by atoms with van der Waals surface area (Å²) in [7, 11) is 1.65. The van der Waals surface area contributed by atoms with Crippen molar-refractivity contribution in [3.05, 3.63) is 96.0 Å². The fourth-order valence-corrected chi connectivity index (χ4v) is 3.72. The number of fused-ring (bicyclic) bond motifs is 1. The van der Waals surface area contributed by atoms with Gasteiger partial charge >= 0.3 is 0 Å². The van der Waals surface area contributed by atoms with E-state index in [-0.39, 0.29) is 5.02 Å². The Kier molecular flexibility index (Phi) is 5.59. The molecule has 0 aliphatic rings. The Bertz CT molecular complexity index is 1460. The first kappa shape index (κ1) is 20.8. The largest absolute Gasteiger partial charge is 0.497 e. The Hall–Kier alpha value is -4.03. The van der Waals surface area contributed by atoms with Crippen molar-refractivity contribution in [2.75, 3.05) is 12.4 Å². The van der Waals surface area contributed by atoms with Gasteiger partial charge in [-0.15, -0.1) is 0 Å². The molecule has 1 N–H and O–H groups in total. The van der Waals surface area contributed by atoms with Gasteiger partial charge in [-0.05, 0) is 65.7 Å². The number of nitrogens with one attached hydrogen (secondary N) is 1. The standard InChI is InChI=1S/C26H18ClFN4O/c1-33-20-6-2-4-16(12-20)17-7-9-21-24(13-17)31-25(18-5-3-11-29-15-18)32-26(21)30-19-8-10-23(28)22(27)14-19/h2-15H,1H3,(H,30,31,32). The van der Waals surface area contributed by atoms with Crippen LogP contribution in [-0.4, -0.2) is 22.1 Å². The van der Waals surface area contributed by atoms with E-state index in [0.717, 1.165) is 33.3 Å². The number of methoxy groups -OCH3 is 1. The van der Waals surface area contributed by atoms with Gasteiger partial charge in [0.15, 0.2) is 5.82 Å². The molecule has 0 saturated carbocycles. The van der Waals surface area contributed by atoms with Crippen molar-refractivity contribution in [3.63, 3.8) is 0 Å². The van der Waals surface area contributed by atoms with Gasteiger partial charge in [-0.1, -0.05) is 29.8 Å². The average Bonchev–Trinajstić information content (AvgIpc) is 2.86. The van der Waals surface area contributed by atoms with Gasteiger partial charge in [-0.25, -0.2) is 14.4 Å². The number of nitrogens with zero attached hydrogens (tertiary/aromatic N) is 3. The number of anilines is 2. The van der Waals surface area contributed by atoms with E-state index in [4.69, 9.17) is 26.3 Å². The molecular formula is C26H18ClFN4O. The minimum Gasteiger partial charge on any atom is -0.497 e. The van der Waals surface area contributed by atoms with Crippen molar-refractivity contribution in [2.45, 2.75) is 0 Å². The van der Waals surface area contributed by atoms with E-state index in [2.05, 4.69) is 10.3 Å². The Morgan fingerprint density at radius 1 is 0.879 bits per heavy atom. The van der Waals surface area contributed by atoms with Gasteiger partial charge in [0.25, 0.3) is 0 Å². The molecule has 0 fully saturated rings. The van der Waals surface area contributed by atoms with Gasteiger partial charge in [0, 0.05) is 29.0 Å². The summed E-state index contributed by atoms with van der Waals surface area (Å²) in [5, 5.41) is 4.11. The lowest BCUT2D eigenvalue weighted by Crippen LogP contribution is -2.00. The minimum absolute atomic E-state index is 0.0335. The second kappa shape index (κ2) is 8.84. The zero-order valence-corrected chi connectivity index (χ0v) is 18.3. The van der Waals surface area contributed by atoms with E-state index < -0.39 is 5.82 Å². The van der Waals surface area contributed by atoms with E-state index in [1.807, 2.05) is 54.6 Å². The maximum absolute atomic E-state index is 13.6. The van der Waals surface area contributed by atoms with Gasteiger partial charge in [0.05, 0.1) is 17.6 Å². The van der Waals surface area contributed by atoms with Crippen LogP contribution in [0.2, 0.25) is 5.02 Å². The van der Waals surface area contributed by atoms with E-state index >= 15 is 0 Å². The van der Waals surface area contributed by atoms with Crippen LogP contribution in [0.4, 0.5) is 15.9 Å². The van der Waals surface area contributed by atoms with Crippen molar-refractivity contribution in [2.24, 2.45) is 0 Å². The maximum atomic E-state index is 13.6. The molecule has 7 heteroatoms. The average molecular weight is 457 g/mol. The van der Waals surface area contributed by atoms with Crippen LogP contribution in [0.5, 0.6) is 5.75 Å². The summed E-state index contributed by atoms with van der Waals surface area (Å²) in [5.41, 5.74) is 4.16. The summed E-state index contributed by atoms with van der Waals surface area (Å²) in [4.78, 5) is 13.7. The molecule has 5 aromatic rings. The van der Waals surface area contributed by atoms with Crippen molar-refractivity contribution >= 4 is 34.0 Å². The van der Waals surface area contributed by atoms with Crippen LogP contribution in [0.1, 0.15) is 0 Å². The molecule has 0 amide bonds. The number of halogens is 2. The van der Waals surface area contributed by atoms with E-state index in [0.29, 0.717) is 17.3 Å². The smallest absolute Gasteiger partial charge is 0.163 e. The van der Waals surface area contributed by atoms with Gasteiger partial charge < -0.3 is 10.1 Å². The third kappa shape index (κ3) is 4.33. The van der Waals surface area contributed by atoms with E-state index in [9.17, 15) is 4.39 Å². The summed E-state index contributed by atoms with van der Waals surface area (Å²) in [6, 6.07) is 22.0. The number of hydrogen-bond acceptors (Lipinski definition) is 5. The quantitative estimate of drug-likeness (QED) is 0.311. The van der Waals surface area contributed by atoms with E-state index in [1.165, 1.54) is 12.1 Å². The molecule has 0 saturated heterocycles. The first-order chi connectivity index (χ1) is 16.1. The predicted molar refractivity (Wildman–Crippen MR) is 129 cm³/mol. The van der Waals surface area contributed by atoms with Crippen LogP contribution >= 0.6 is 11.6 Å². The highest BCUT2D eigenvalue weighted by Crippen LogP contribution is 2.32. The van der Waals surface area contributed by atoms with Gasteiger partial charge in [0.2, 0.25) is 0 Å². The Labute approximate surface area is 194 Å². The Morgan fingerprint density at radius 2 is 1.73 bits per heavy atom. The molecule has 0 atom stereocenters. The van der Waals surface area contributed by atoms with Crippen LogP contribution in [0.25, 0.3) is 33.4 Å². The topological polar surface area (TPSA) is 59.9 Å². The summed E-state index contributed by atoms with van der Waals surface area (Å²) in [5.74, 6) is 1.41. The third-order valence-electron chi connectivity index (χ3n) is 5.20. The maximum Gasteiger partial charge on any atom is 0.163 e. The third-order valence-corrected chi connectivity index (χ3v) is 5.49. The molecule has 5 nitrogen and oxygen atoms in total. The van der Waals surface area contributed by atoms with Crippen LogP contribution in [0.15, 0.2) is 85.2 Å². The van der Waals surface area contributed by atoms with E-state index in [1.54, 1.807) is 25.6 Å². The zero-order valence-electron chi connectivity index (χ0n) is 17.6. The lowest BCUT2D eigenvalue weighted by atomic mass is 10.0. The van der Waals surface area contributed by atoms with Gasteiger partial charge in [-0.3, -0.25) is 4.98 Å². The molecule has 0 aliphatic carbocycles. The van der Waals surface area contributed by atoms with Crippen molar-refractivity contribution in [1.29, 1.82) is 0 Å². The zero-order chi connectivity index (χ0) is 22.8.